The van der Waals surface area contributed by atoms with Crippen LogP contribution in [0.15, 0.2) is 47.5 Å². The SMILES string of the molecule is COc1c(Nc2ncc(Cl)c(Nc3ccccc3S(=O)(=O)N(C)C)n2)ccc2c1CCCC(NC[C@H](C)O)C2. The van der Waals surface area contributed by atoms with E-state index in [0.29, 0.717) is 12.2 Å². The molecule has 2 aromatic carbocycles. The normalized spacial score (nSPS) is 16.3. The van der Waals surface area contributed by atoms with Gasteiger partial charge in [0.25, 0.3) is 0 Å². The van der Waals surface area contributed by atoms with E-state index in [9.17, 15) is 13.5 Å². The Morgan fingerprint density at radius 1 is 1.18 bits per heavy atom. The molecule has 10 nitrogen and oxygen atoms in total. The molecule has 1 unspecified atom stereocenters. The number of nitrogens with zero attached hydrogens (tertiary/aromatic N) is 3. The van der Waals surface area contributed by atoms with Crippen LogP contribution in [0.25, 0.3) is 0 Å². The molecule has 39 heavy (non-hydrogen) atoms. The molecule has 2 atom stereocenters. The molecule has 1 aromatic heterocycles. The van der Waals surface area contributed by atoms with Crippen molar-refractivity contribution >= 4 is 44.8 Å². The van der Waals surface area contributed by atoms with Crippen LogP contribution in [-0.4, -0.2) is 67.7 Å². The predicted molar refractivity (Wildman–Crippen MR) is 154 cm³/mol. The van der Waals surface area contributed by atoms with Crippen LogP contribution in [0.1, 0.15) is 30.9 Å². The molecule has 4 rings (SSSR count). The van der Waals surface area contributed by atoms with Crippen molar-refractivity contribution < 1.29 is 18.3 Å². The predicted octanol–water partition coefficient (Wildman–Crippen LogP) is 4.09. The Morgan fingerprint density at radius 3 is 2.67 bits per heavy atom. The van der Waals surface area contributed by atoms with Crippen molar-refractivity contribution in [1.29, 1.82) is 0 Å². The van der Waals surface area contributed by atoms with Gasteiger partial charge >= 0.3 is 0 Å². The van der Waals surface area contributed by atoms with Crippen molar-refractivity contribution in [3.63, 3.8) is 0 Å². The number of rotatable bonds is 10. The molecule has 0 bridgehead atoms. The van der Waals surface area contributed by atoms with Crippen molar-refractivity contribution in [2.24, 2.45) is 0 Å². The lowest BCUT2D eigenvalue weighted by atomic mass is 9.99. The number of benzene rings is 2. The number of fused-ring (bicyclic) bond motifs is 1. The highest BCUT2D eigenvalue weighted by atomic mass is 35.5. The second kappa shape index (κ2) is 12.5. The van der Waals surface area contributed by atoms with Crippen LogP contribution < -0.4 is 20.7 Å². The third kappa shape index (κ3) is 6.79. The summed E-state index contributed by atoms with van der Waals surface area (Å²) in [5, 5.41) is 19.6. The van der Waals surface area contributed by atoms with Gasteiger partial charge in [-0.15, -0.1) is 0 Å². The van der Waals surface area contributed by atoms with Gasteiger partial charge in [0.15, 0.2) is 5.82 Å². The average Bonchev–Trinajstić information content (AvgIpc) is 3.11. The number of aliphatic hydroxyl groups is 1. The second-order valence-electron chi connectivity index (χ2n) is 9.76. The second-order valence-corrected chi connectivity index (χ2v) is 12.3. The van der Waals surface area contributed by atoms with E-state index in [1.54, 1.807) is 32.2 Å². The number of sulfonamides is 1. The Balaban J connectivity index is 1.60. The number of nitrogens with one attached hydrogen (secondary N) is 3. The van der Waals surface area contributed by atoms with E-state index in [2.05, 4.69) is 32.0 Å². The molecular formula is C27H35ClN6O4S. The van der Waals surface area contributed by atoms with Crippen LogP contribution in [0.5, 0.6) is 5.75 Å². The molecule has 0 saturated carbocycles. The van der Waals surface area contributed by atoms with Gasteiger partial charge in [-0.1, -0.05) is 29.8 Å². The smallest absolute Gasteiger partial charge is 0.244 e. The zero-order chi connectivity index (χ0) is 28.2. The highest BCUT2D eigenvalue weighted by molar-refractivity contribution is 7.89. The summed E-state index contributed by atoms with van der Waals surface area (Å²) in [6.07, 6.45) is 4.78. The van der Waals surface area contributed by atoms with E-state index in [1.807, 2.05) is 6.07 Å². The maximum Gasteiger partial charge on any atom is 0.244 e. The molecule has 0 radical (unpaired) electrons. The molecule has 1 aliphatic carbocycles. The van der Waals surface area contributed by atoms with E-state index in [0.717, 1.165) is 47.0 Å². The molecule has 0 amide bonds. The van der Waals surface area contributed by atoms with Crippen molar-refractivity contribution in [2.45, 2.75) is 49.6 Å². The van der Waals surface area contributed by atoms with Gasteiger partial charge in [0.05, 0.1) is 30.8 Å². The van der Waals surface area contributed by atoms with E-state index >= 15 is 0 Å². The Bertz CT molecular complexity index is 1420. The number of anilines is 4. The third-order valence-corrected chi connectivity index (χ3v) is 8.75. The van der Waals surface area contributed by atoms with Crippen LogP contribution in [0.4, 0.5) is 23.1 Å². The van der Waals surface area contributed by atoms with Crippen LogP contribution in [0.3, 0.4) is 0 Å². The summed E-state index contributed by atoms with van der Waals surface area (Å²) in [6.45, 7) is 2.34. The summed E-state index contributed by atoms with van der Waals surface area (Å²) < 4.78 is 32.6. The number of ether oxygens (including phenoxy) is 1. The first-order valence-electron chi connectivity index (χ1n) is 12.8. The maximum atomic E-state index is 12.8. The highest BCUT2D eigenvalue weighted by Gasteiger charge is 2.23. The minimum Gasteiger partial charge on any atom is -0.494 e. The number of para-hydroxylation sites is 1. The largest absolute Gasteiger partial charge is 0.494 e. The van der Waals surface area contributed by atoms with E-state index in [-0.39, 0.29) is 27.7 Å². The Hall–Kier alpha value is -2.96. The number of hydrogen-bond donors (Lipinski definition) is 4. The zero-order valence-corrected chi connectivity index (χ0v) is 24.1. The Morgan fingerprint density at radius 2 is 1.95 bits per heavy atom. The number of hydrogen-bond acceptors (Lipinski definition) is 9. The molecule has 4 N–H and O–H groups in total. The van der Waals surface area contributed by atoms with Gasteiger partial charge in [0, 0.05) is 26.7 Å². The fraction of sp³-hybridized carbons (Fsp3) is 0.407. The summed E-state index contributed by atoms with van der Waals surface area (Å²) in [7, 11) is 0.905. The van der Waals surface area contributed by atoms with Gasteiger partial charge < -0.3 is 25.8 Å². The van der Waals surface area contributed by atoms with Gasteiger partial charge in [0.1, 0.15) is 15.7 Å². The lowest BCUT2D eigenvalue weighted by Gasteiger charge is -2.20. The van der Waals surface area contributed by atoms with Crippen LogP contribution >= 0.6 is 11.6 Å². The lowest BCUT2D eigenvalue weighted by molar-refractivity contribution is 0.185. The third-order valence-electron chi connectivity index (χ3n) is 6.60. The molecule has 0 spiro atoms. The van der Waals surface area contributed by atoms with Gasteiger partial charge in [-0.05, 0) is 61.9 Å². The Labute approximate surface area is 234 Å². The van der Waals surface area contributed by atoms with Crippen molar-refractivity contribution in [3.8, 4) is 5.75 Å². The first-order valence-corrected chi connectivity index (χ1v) is 14.6. The molecule has 12 heteroatoms. The molecule has 1 aliphatic rings. The monoisotopic (exact) mass is 574 g/mol. The van der Waals surface area contributed by atoms with Gasteiger partial charge in [-0.2, -0.15) is 4.98 Å². The molecule has 0 aliphatic heterocycles. The van der Waals surface area contributed by atoms with Crippen LogP contribution in [0, 0.1) is 0 Å². The first kappa shape index (κ1) is 29.0. The fourth-order valence-electron chi connectivity index (χ4n) is 4.62. The fourth-order valence-corrected chi connectivity index (χ4v) is 5.80. The van der Waals surface area contributed by atoms with Crippen LogP contribution in [-0.2, 0) is 22.9 Å². The van der Waals surface area contributed by atoms with Gasteiger partial charge in [0.2, 0.25) is 16.0 Å². The summed E-state index contributed by atoms with van der Waals surface area (Å²) in [6, 6.07) is 10.9. The van der Waals surface area contributed by atoms with E-state index < -0.39 is 16.1 Å². The molecular weight excluding hydrogens is 540 g/mol. The zero-order valence-electron chi connectivity index (χ0n) is 22.5. The minimum absolute atomic E-state index is 0.104. The molecule has 3 aromatic rings. The number of halogens is 1. The minimum atomic E-state index is -3.70. The maximum absolute atomic E-state index is 12.8. The summed E-state index contributed by atoms with van der Waals surface area (Å²) in [4.78, 5) is 8.96. The molecule has 0 saturated heterocycles. The quantitative estimate of drug-likeness (QED) is 0.265. The lowest BCUT2D eigenvalue weighted by Crippen LogP contribution is -2.35. The van der Waals surface area contributed by atoms with Crippen molar-refractivity contribution in [1.82, 2.24) is 19.6 Å². The van der Waals surface area contributed by atoms with Gasteiger partial charge in [-0.3, -0.25) is 0 Å². The number of methoxy groups -OCH3 is 1. The van der Waals surface area contributed by atoms with Crippen molar-refractivity contribution in [3.05, 3.63) is 58.7 Å². The topological polar surface area (TPSA) is 129 Å². The molecule has 0 fully saturated rings. The standard InChI is InChI=1S/C27H35ClN6O4S/c1-17(35)15-29-19-8-7-9-20-18(14-19)12-13-23(25(20)38-4)32-27-30-16-21(28)26(33-27)31-22-10-5-6-11-24(22)39(36,37)34(2)3/h5-6,10-13,16-17,19,29,35H,7-9,14-15H2,1-4H3,(H2,30,31,32,33)/t17-,19?/m0/s1. The van der Waals surface area contributed by atoms with Gasteiger partial charge in [-0.25, -0.2) is 17.7 Å². The molecule has 210 valence electrons. The van der Waals surface area contributed by atoms with E-state index in [4.69, 9.17) is 16.3 Å². The number of aromatic nitrogens is 2. The van der Waals surface area contributed by atoms with E-state index in [1.165, 1.54) is 31.9 Å². The Kier molecular flexibility index (Phi) is 9.29. The summed E-state index contributed by atoms with van der Waals surface area (Å²) in [5.41, 5.74) is 3.41. The highest BCUT2D eigenvalue weighted by Crippen LogP contribution is 2.37. The first-order chi connectivity index (χ1) is 18.6. The summed E-state index contributed by atoms with van der Waals surface area (Å²) in [5.74, 6) is 1.27. The van der Waals surface area contributed by atoms with Crippen LogP contribution in [0.2, 0.25) is 5.02 Å². The number of aliphatic hydroxyl groups excluding tert-OH is 1. The summed E-state index contributed by atoms with van der Waals surface area (Å²) >= 11 is 6.39. The molecule has 1 heterocycles. The average molecular weight is 575 g/mol. The van der Waals surface area contributed by atoms with Crippen molar-refractivity contribution in [2.75, 3.05) is 38.4 Å².